The van der Waals surface area contributed by atoms with Gasteiger partial charge in [0.15, 0.2) is 0 Å². The average Bonchev–Trinajstić information content (AvgIpc) is 2.52. The summed E-state index contributed by atoms with van der Waals surface area (Å²) in [5, 5.41) is 10.9. The fourth-order valence-electron chi connectivity index (χ4n) is 2.18. The smallest absolute Gasteiger partial charge is 0.119 e. The standard InChI is InChI=1S/C17H20ClNO2/c1-19(13-7-9-14(21-2)10-8-13)12-11-17(20)15-5-3-4-6-16(15)18/h3-10,17,20H,11-12H2,1-2H3. The Bertz CT molecular complexity index is 571. The highest BCUT2D eigenvalue weighted by atomic mass is 35.5. The number of aliphatic hydroxyl groups excluding tert-OH is 1. The minimum Gasteiger partial charge on any atom is -0.497 e. The van der Waals surface area contributed by atoms with Crippen LogP contribution >= 0.6 is 11.6 Å². The van der Waals surface area contributed by atoms with Gasteiger partial charge in [-0.15, -0.1) is 0 Å². The Labute approximate surface area is 130 Å². The van der Waals surface area contributed by atoms with Crippen molar-refractivity contribution in [1.82, 2.24) is 0 Å². The van der Waals surface area contributed by atoms with E-state index in [0.717, 1.165) is 23.5 Å². The number of aliphatic hydroxyl groups is 1. The van der Waals surface area contributed by atoms with Crippen molar-refractivity contribution in [3.05, 3.63) is 59.1 Å². The molecule has 0 bridgehead atoms. The molecule has 1 unspecified atom stereocenters. The maximum absolute atomic E-state index is 10.2. The predicted molar refractivity (Wildman–Crippen MR) is 87.3 cm³/mol. The number of nitrogens with zero attached hydrogens (tertiary/aromatic N) is 1. The quantitative estimate of drug-likeness (QED) is 0.878. The molecule has 4 heteroatoms. The summed E-state index contributed by atoms with van der Waals surface area (Å²) in [5.74, 6) is 0.836. The molecule has 0 heterocycles. The number of halogens is 1. The van der Waals surface area contributed by atoms with E-state index in [9.17, 15) is 5.11 Å². The van der Waals surface area contributed by atoms with Crippen LogP contribution in [0.2, 0.25) is 5.02 Å². The molecule has 0 aliphatic carbocycles. The number of anilines is 1. The first kappa shape index (κ1) is 15.7. The molecule has 0 aliphatic heterocycles. The van der Waals surface area contributed by atoms with Crippen molar-refractivity contribution in [3.63, 3.8) is 0 Å². The first-order valence-electron chi connectivity index (χ1n) is 6.89. The summed E-state index contributed by atoms with van der Waals surface area (Å²) in [6.45, 7) is 0.735. The highest BCUT2D eigenvalue weighted by Gasteiger charge is 2.12. The van der Waals surface area contributed by atoms with Gasteiger partial charge in [0, 0.05) is 24.3 Å². The first-order valence-corrected chi connectivity index (χ1v) is 7.27. The van der Waals surface area contributed by atoms with Crippen LogP contribution in [-0.2, 0) is 0 Å². The molecule has 0 radical (unpaired) electrons. The molecular weight excluding hydrogens is 286 g/mol. The lowest BCUT2D eigenvalue weighted by molar-refractivity contribution is 0.170. The maximum Gasteiger partial charge on any atom is 0.119 e. The SMILES string of the molecule is COc1ccc(N(C)CCC(O)c2ccccc2Cl)cc1. The van der Waals surface area contributed by atoms with E-state index in [1.54, 1.807) is 13.2 Å². The van der Waals surface area contributed by atoms with Crippen LogP contribution in [0, 0.1) is 0 Å². The molecule has 112 valence electrons. The lowest BCUT2D eigenvalue weighted by Crippen LogP contribution is -2.20. The van der Waals surface area contributed by atoms with Crippen LogP contribution in [0.25, 0.3) is 0 Å². The minimum atomic E-state index is -0.556. The summed E-state index contributed by atoms with van der Waals surface area (Å²) >= 11 is 6.10. The zero-order valence-corrected chi connectivity index (χ0v) is 13.0. The van der Waals surface area contributed by atoms with Crippen molar-refractivity contribution in [2.45, 2.75) is 12.5 Å². The Hall–Kier alpha value is -1.71. The van der Waals surface area contributed by atoms with Gasteiger partial charge in [-0.1, -0.05) is 29.8 Å². The molecular formula is C17H20ClNO2. The largest absolute Gasteiger partial charge is 0.497 e. The highest BCUT2D eigenvalue weighted by molar-refractivity contribution is 6.31. The van der Waals surface area contributed by atoms with Gasteiger partial charge in [0.05, 0.1) is 13.2 Å². The molecule has 0 aromatic heterocycles. The second-order valence-corrected chi connectivity index (χ2v) is 5.35. The topological polar surface area (TPSA) is 32.7 Å². The first-order chi connectivity index (χ1) is 10.1. The lowest BCUT2D eigenvalue weighted by Gasteiger charge is -2.21. The normalized spacial score (nSPS) is 12.0. The zero-order chi connectivity index (χ0) is 15.2. The summed E-state index contributed by atoms with van der Waals surface area (Å²) in [4.78, 5) is 2.10. The van der Waals surface area contributed by atoms with Crippen molar-refractivity contribution in [2.24, 2.45) is 0 Å². The van der Waals surface area contributed by atoms with Gasteiger partial charge < -0.3 is 14.7 Å². The van der Waals surface area contributed by atoms with E-state index >= 15 is 0 Å². The summed E-state index contributed by atoms with van der Waals surface area (Å²) in [6, 6.07) is 15.3. The monoisotopic (exact) mass is 305 g/mol. The van der Waals surface area contributed by atoms with Crippen molar-refractivity contribution >= 4 is 17.3 Å². The molecule has 21 heavy (non-hydrogen) atoms. The van der Waals surface area contributed by atoms with Crippen molar-refractivity contribution < 1.29 is 9.84 Å². The molecule has 0 aliphatic rings. The molecule has 2 aromatic rings. The number of benzene rings is 2. The molecule has 0 saturated heterocycles. The fraction of sp³-hybridized carbons (Fsp3) is 0.294. The Morgan fingerprint density at radius 2 is 1.81 bits per heavy atom. The Kier molecular flexibility index (Phi) is 5.48. The van der Waals surface area contributed by atoms with Gasteiger partial charge >= 0.3 is 0 Å². The van der Waals surface area contributed by atoms with Crippen LogP contribution in [-0.4, -0.2) is 25.8 Å². The van der Waals surface area contributed by atoms with E-state index < -0.39 is 6.10 Å². The summed E-state index contributed by atoms with van der Waals surface area (Å²) < 4.78 is 5.14. The molecule has 2 aromatic carbocycles. The van der Waals surface area contributed by atoms with Gasteiger partial charge in [0.1, 0.15) is 5.75 Å². The molecule has 0 saturated carbocycles. The summed E-state index contributed by atoms with van der Waals surface area (Å²) in [6.07, 6.45) is 0.0612. The molecule has 0 fully saturated rings. The molecule has 0 amide bonds. The highest BCUT2D eigenvalue weighted by Crippen LogP contribution is 2.26. The molecule has 0 spiro atoms. The number of hydrogen-bond acceptors (Lipinski definition) is 3. The second-order valence-electron chi connectivity index (χ2n) is 4.95. The third-order valence-corrected chi connectivity index (χ3v) is 3.86. The number of rotatable bonds is 6. The van der Waals surface area contributed by atoms with Crippen molar-refractivity contribution in [3.8, 4) is 5.75 Å². The molecule has 2 rings (SSSR count). The Morgan fingerprint density at radius 3 is 2.43 bits per heavy atom. The molecule has 3 nitrogen and oxygen atoms in total. The van der Waals surface area contributed by atoms with Crippen LogP contribution in [0.1, 0.15) is 18.1 Å². The van der Waals surface area contributed by atoms with Crippen LogP contribution in [0.5, 0.6) is 5.75 Å². The maximum atomic E-state index is 10.2. The van der Waals surface area contributed by atoms with Gasteiger partial charge in [-0.2, -0.15) is 0 Å². The summed E-state index contributed by atoms with van der Waals surface area (Å²) in [5.41, 5.74) is 1.87. The predicted octanol–water partition coefficient (Wildman–Crippen LogP) is 3.91. The van der Waals surface area contributed by atoms with Crippen LogP contribution in [0.15, 0.2) is 48.5 Å². The second kappa shape index (κ2) is 7.34. The van der Waals surface area contributed by atoms with Crippen LogP contribution < -0.4 is 9.64 Å². The zero-order valence-electron chi connectivity index (χ0n) is 12.3. The van der Waals surface area contributed by atoms with Crippen molar-refractivity contribution in [1.29, 1.82) is 0 Å². The lowest BCUT2D eigenvalue weighted by atomic mass is 10.1. The van der Waals surface area contributed by atoms with E-state index in [0.29, 0.717) is 11.4 Å². The summed E-state index contributed by atoms with van der Waals surface area (Å²) in [7, 11) is 3.65. The van der Waals surface area contributed by atoms with Gasteiger partial charge in [-0.25, -0.2) is 0 Å². The van der Waals surface area contributed by atoms with E-state index in [1.165, 1.54) is 0 Å². The number of ether oxygens (including phenoxy) is 1. The van der Waals surface area contributed by atoms with Gasteiger partial charge in [0.2, 0.25) is 0 Å². The number of hydrogen-bond donors (Lipinski definition) is 1. The van der Waals surface area contributed by atoms with Crippen LogP contribution in [0.4, 0.5) is 5.69 Å². The van der Waals surface area contributed by atoms with Gasteiger partial charge in [-0.3, -0.25) is 0 Å². The average molecular weight is 306 g/mol. The van der Waals surface area contributed by atoms with Crippen molar-refractivity contribution in [2.75, 3.05) is 25.6 Å². The fourth-order valence-corrected chi connectivity index (χ4v) is 2.44. The van der Waals surface area contributed by atoms with E-state index in [1.807, 2.05) is 49.5 Å². The van der Waals surface area contributed by atoms with E-state index in [-0.39, 0.29) is 0 Å². The minimum absolute atomic E-state index is 0.556. The number of methoxy groups -OCH3 is 1. The van der Waals surface area contributed by atoms with Gasteiger partial charge in [0.25, 0.3) is 0 Å². The molecule has 1 N–H and O–H groups in total. The third-order valence-electron chi connectivity index (χ3n) is 3.52. The third kappa shape index (κ3) is 4.13. The Balaban J connectivity index is 1.94. The van der Waals surface area contributed by atoms with Gasteiger partial charge in [-0.05, 0) is 42.3 Å². The van der Waals surface area contributed by atoms with Crippen LogP contribution in [0.3, 0.4) is 0 Å². The Morgan fingerprint density at radius 1 is 1.14 bits per heavy atom. The van der Waals surface area contributed by atoms with E-state index in [2.05, 4.69) is 4.90 Å². The molecule has 1 atom stereocenters. The van der Waals surface area contributed by atoms with E-state index in [4.69, 9.17) is 16.3 Å².